The van der Waals surface area contributed by atoms with Crippen LogP contribution < -0.4 is 10.6 Å². The van der Waals surface area contributed by atoms with Crippen LogP contribution >= 0.6 is 0 Å². The third kappa shape index (κ3) is 4.12. The second kappa shape index (κ2) is 9.27. The number of fused-ring (bicyclic) bond motifs is 1. The molecule has 4 aliphatic heterocycles. The lowest BCUT2D eigenvalue weighted by Crippen LogP contribution is -2.55. The SMILES string of the molecule is O=C1CCC(N2C(=O)c3cccc(CN4CCN(C(=O)[C@H]5CCCCN5)CC4)c3C2=O)C(=O)N1. The number of amides is 5. The van der Waals surface area contributed by atoms with E-state index in [0.29, 0.717) is 43.9 Å². The molecular formula is C24H29N5O5. The maximum atomic E-state index is 13.3. The minimum absolute atomic E-state index is 0.0837. The predicted octanol–water partition coefficient (Wildman–Crippen LogP) is -0.126. The molecule has 0 radical (unpaired) electrons. The van der Waals surface area contributed by atoms with Crippen molar-refractivity contribution < 1.29 is 24.0 Å². The Kier molecular flexibility index (Phi) is 6.18. The van der Waals surface area contributed by atoms with Gasteiger partial charge in [0.1, 0.15) is 6.04 Å². The van der Waals surface area contributed by atoms with Crippen molar-refractivity contribution in [3.8, 4) is 0 Å². The standard InChI is InChI=1S/C24H29N5O5/c30-19-8-7-18(21(31)26-19)29-22(32)16-5-3-4-15(20(16)24(29)34)14-27-10-12-28(13-11-27)23(33)17-6-1-2-9-25-17/h3-5,17-18,25H,1-2,6-14H2,(H,26,30,31)/t17-,18?/m1/s1. The number of rotatable bonds is 4. The summed E-state index contributed by atoms with van der Waals surface area (Å²) < 4.78 is 0. The maximum absolute atomic E-state index is 13.3. The van der Waals surface area contributed by atoms with Gasteiger partial charge in [-0.2, -0.15) is 0 Å². The van der Waals surface area contributed by atoms with Gasteiger partial charge in [-0.15, -0.1) is 0 Å². The molecule has 4 aliphatic rings. The summed E-state index contributed by atoms with van der Waals surface area (Å²) >= 11 is 0. The fourth-order valence-electron chi connectivity index (χ4n) is 5.37. The molecule has 1 unspecified atom stereocenters. The fraction of sp³-hybridized carbons (Fsp3) is 0.542. The summed E-state index contributed by atoms with van der Waals surface area (Å²) in [4.78, 5) is 68.0. The Morgan fingerprint density at radius 3 is 2.47 bits per heavy atom. The van der Waals surface area contributed by atoms with Crippen molar-refractivity contribution >= 4 is 29.5 Å². The van der Waals surface area contributed by atoms with E-state index in [1.807, 2.05) is 11.0 Å². The van der Waals surface area contributed by atoms with Gasteiger partial charge in [0.15, 0.2) is 0 Å². The number of carbonyl (C=O) groups excluding carboxylic acids is 5. The summed E-state index contributed by atoms with van der Waals surface area (Å²) in [7, 11) is 0. The van der Waals surface area contributed by atoms with Crippen LogP contribution in [0.2, 0.25) is 0 Å². The highest BCUT2D eigenvalue weighted by molar-refractivity contribution is 6.24. The highest BCUT2D eigenvalue weighted by Crippen LogP contribution is 2.30. The zero-order chi connectivity index (χ0) is 23.8. The molecule has 3 saturated heterocycles. The number of hydrogen-bond acceptors (Lipinski definition) is 7. The van der Waals surface area contributed by atoms with Crippen LogP contribution in [0.5, 0.6) is 0 Å². The molecule has 0 aliphatic carbocycles. The average molecular weight is 468 g/mol. The molecule has 1 aromatic carbocycles. The van der Waals surface area contributed by atoms with E-state index in [1.165, 1.54) is 0 Å². The van der Waals surface area contributed by atoms with E-state index < -0.39 is 29.7 Å². The normalized spacial score (nSPS) is 26.0. The lowest BCUT2D eigenvalue weighted by Gasteiger charge is -2.37. The third-order valence-electron chi connectivity index (χ3n) is 7.24. The molecule has 10 nitrogen and oxygen atoms in total. The first-order valence-electron chi connectivity index (χ1n) is 12.0. The van der Waals surface area contributed by atoms with Gasteiger partial charge in [0.05, 0.1) is 17.2 Å². The van der Waals surface area contributed by atoms with Gasteiger partial charge in [-0.3, -0.25) is 39.1 Å². The van der Waals surface area contributed by atoms with Crippen LogP contribution in [-0.4, -0.2) is 89.0 Å². The largest absolute Gasteiger partial charge is 0.339 e. The molecule has 10 heteroatoms. The number of benzene rings is 1. The van der Waals surface area contributed by atoms with Gasteiger partial charge in [0, 0.05) is 39.1 Å². The molecule has 34 heavy (non-hydrogen) atoms. The molecule has 4 heterocycles. The Morgan fingerprint density at radius 2 is 1.76 bits per heavy atom. The summed E-state index contributed by atoms with van der Waals surface area (Å²) in [5, 5.41) is 5.54. The predicted molar refractivity (Wildman–Crippen MR) is 121 cm³/mol. The van der Waals surface area contributed by atoms with Gasteiger partial charge >= 0.3 is 0 Å². The van der Waals surface area contributed by atoms with E-state index in [0.717, 1.165) is 36.3 Å². The van der Waals surface area contributed by atoms with Crippen LogP contribution in [0.1, 0.15) is 58.4 Å². The molecule has 3 fully saturated rings. The molecule has 0 spiro atoms. The van der Waals surface area contributed by atoms with E-state index in [1.54, 1.807) is 12.1 Å². The Bertz CT molecular complexity index is 1040. The zero-order valence-electron chi connectivity index (χ0n) is 19.0. The van der Waals surface area contributed by atoms with E-state index >= 15 is 0 Å². The van der Waals surface area contributed by atoms with Crippen molar-refractivity contribution in [3.63, 3.8) is 0 Å². The van der Waals surface area contributed by atoms with Crippen molar-refractivity contribution in [2.45, 2.75) is 50.7 Å². The van der Waals surface area contributed by atoms with Gasteiger partial charge in [-0.05, 0) is 37.4 Å². The molecular weight excluding hydrogens is 438 g/mol. The van der Waals surface area contributed by atoms with Gasteiger partial charge in [0.2, 0.25) is 17.7 Å². The molecule has 5 amide bonds. The molecule has 2 atom stereocenters. The van der Waals surface area contributed by atoms with E-state index in [2.05, 4.69) is 15.5 Å². The van der Waals surface area contributed by atoms with Gasteiger partial charge in [0.25, 0.3) is 11.8 Å². The Labute approximate surface area is 197 Å². The minimum Gasteiger partial charge on any atom is -0.339 e. The highest BCUT2D eigenvalue weighted by Gasteiger charge is 2.45. The van der Waals surface area contributed by atoms with E-state index in [-0.39, 0.29) is 24.8 Å². The van der Waals surface area contributed by atoms with Crippen LogP contribution in [0, 0.1) is 0 Å². The lowest BCUT2D eigenvalue weighted by atomic mass is 10.0. The van der Waals surface area contributed by atoms with E-state index in [9.17, 15) is 24.0 Å². The molecule has 5 rings (SSSR count). The van der Waals surface area contributed by atoms with Gasteiger partial charge in [-0.25, -0.2) is 0 Å². The topological polar surface area (TPSA) is 119 Å². The average Bonchev–Trinajstić information content (AvgIpc) is 3.10. The van der Waals surface area contributed by atoms with Crippen LogP contribution in [0.15, 0.2) is 18.2 Å². The number of hydrogen-bond donors (Lipinski definition) is 2. The summed E-state index contributed by atoms with van der Waals surface area (Å²) in [6, 6.07) is 4.14. The third-order valence-corrected chi connectivity index (χ3v) is 7.24. The number of imide groups is 2. The second-order valence-corrected chi connectivity index (χ2v) is 9.39. The van der Waals surface area contributed by atoms with Gasteiger partial charge in [-0.1, -0.05) is 18.6 Å². The summed E-state index contributed by atoms with van der Waals surface area (Å²) in [5.74, 6) is -1.81. The fourth-order valence-corrected chi connectivity index (χ4v) is 5.37. The second-order valence-electron chi connectivity index (χ2n) is 9.39. The first-order chi connectivity index (χ1) is 16.4. The first-order valence-corrected chi connectivity index (χ1v) is 12.0. The Hall–Kier alpha value is -3.11. The summed E-state index contributed by atoms with van der Waals surface area (Å²) in [6.45, 7) is 3.98. The number of nitrogens with one attached hydrogen (secondary N) is 2. The molecule has 2 N–H and O–H groups in total. The zero-order valence-corrected chi connectivity index (χ0v) is 19.0. The monoisotopic (exact) mass is 467 g/mol. The van der Waals surface area contributed by atoms with Crippen molar-refractivity contribution in [1.82, 2.24) is 25.3 Å². The smallest absolute Gasteiger partial charge is 0.262 e. The molecule has 0 bridgehead atoms. The highest BCUT2D eigenvalue weighted by atomic mass is 16.2. The summed E-state index contributed by atoms with van der Waals surface area (Å²) in [5.41, 5.74) is 1.37. The van der Waals surface area contributed by atoms with Gasteiger partial charge < -0.3 is 10.2 Å². The number of carbonyl (C=O) groups is 5. The minimum atomic E-state index is -0.971. The quantitative estimate of drug-likeness (QED) is 0.593. The van der Waals surface area contributed by atoms with Crippen molar-refractivity contribution in [2.75, 3.05) is 32.7 Å². The molecule has 0 aromatic heterocycles. The molecule has 0 saturated carbocycles. The maximum Gasteiger partial charge on any atom is 0.262 e. The Morgan fingerprint density at radius 1 is 0.971 bits per heavy atom. The number of piperazine rings is 1. The molecule has 180 valence electrons. The lowest BCUT2D eigenvalue weighted by molar-refractivity contribution is -0.137. The molecule has 1 aromatic rings. The van der Waals surface area contributed by atoms with Crippen molar-refractivity contribution in [1.29, 1.82) is 0 Å². The van der Waals surface area contributed by atoms with Crippen molar-refractivity contribution in [3.05, 3.63) is 34.9 Å². The van der Waals surface area contributed by atoms with Crippen LogP contribution in [0.4, 0.5) is 0 Å². The van der Waals surface area contributed by atoms with Crippen LogP contribution in [0.3, 0.4) is 0 Å². The summed E-state index contributed by atoms with van der Waals surface area (Å²) in [6.07, 6.45) is 3.30. The Balaban J connectivity index is 1.26. The first kappa shape index (κ1) is 22.7. The van der Waals surface area contributed by atoms with E-state index in [4.69, 9.17) is 0 Å². The van der Waals surface area contributed by atoms with Crippen LogP contribution in [-0.2, 0) is 20.9 Å². The number of nitrogens with zero attached hydrogens (tertiary/aromatic N) is 3. The number of piperidine rings is 2. The van der Waals surface area contributed by atoms with Crippen LogP contribution in [0.25, 0.3) is 0 Å². The van der Waals surface area contributed by atoms with Crippen molar-refractivity contribution in [2.24, 2.45) is 0 Å².